The quantitative estimate of drug-likeness (QED) is 0.695. The summed E-state index contributed by atoms with van der Waals surface area (Å²) in [6.07, 6.45) is 1.16. The van der Waals surface area contributed by atoms with Crippen molar-refractivity contribution >= 4 is 21.2 Å². The molecule has 0 saturated carbocycles. The highest BCUT2D eigenvalue weighted by Crippen LogP contribution is 2.11. The minimum absolute atomic E-state index is 0.0444. The van der Waals surface area contributed by atoms with Gasteiger partial charge in [-0.2, -0.15) is 4.98 Å². The first-order valence-corrected chi connectivity index (χ1v) is 5.73. The molecule has 0 aliphatic heterocycles. The lowest BCUT2D eigenvalue weighted by molar-refractivity contribution is 0.513. The second-order valence-corrected chi connectivity index (χ2v) is 5.33. The topological polar surface area (TPSA) is 112 Å². The third kappa shape index (κ3) is 1.49. The number of sulfonamides is 1. The summed E-state index contributed by atoms with van der Waals surface area (Å²) in [6.45, 7) is 0. The predicted octanol–water partition coefficient (Wildman–Crippen LogP) is -1.10. The maximum absolute atomic E-state index is 11.7. The molecule has 0 bridgehead atoms. The molecule has 0 aromatic carbocycles. The molecule has 0 spiro atoms. The normalized spacial score (nSPS) is 12.4. The van der Waals surface area contributed by atoms with Crippen molar-refractivity contribution in [2.24, 2.45) is 0 Å². The van der Waals surface area contributed by atoms with Crippen LogP contribution in [-0.4, -0.2) is 46.8 Å². The maximum Gasteiger partial charge on any atom is 0.276 e. The zero-order chi connectivity index (χ0) is 11.9. The fourth-order valence-electron chi connectivity index (χ4n) is 1.11. The molecule has 0 saturated heterocycles. The van der Waals surface area contributed by atoms with Crippen LogP contribution in [-0.2, 0) is 10.0 Å². The van der Waals surface area contributed by atoms with Crippen molar-refractivity contribution in [2.45, 2.75) is 5.16 Å². The summed E-state index contributed by atoms with van der Waals surface area (Å²) >= 11 is 0. The highest BCUT2D eigenvalue weighted by molar-refractivity contribution is 7.88. The molecule has 16 heavy (non-hydrogen) atoms. The van der Waals surface area contributed by atoms with Crippen molar-refractivity contribution < 1.29 is 8.42 Å². The van der Waals surface area contributed by atoms with Gasteiger partial charge in [-0.1, -0.05) is 0 Å². The van der Waals surface area contributed by atoms with Crippen LogP contribution >= 0.6 is 0 Å². The summed E-state index contributed by atoms with van der Waals surface area (Å²) in [5.41, 5.74) is -0.343. The molecule has 2 N–H and O–H groups in total. The van der Waals surface area contributed by atoms with Crippen molar-refractivity contribution in [3.8, 4) is 0 Å². The number of fused-ring (bicyclic) bond motifs is 1. The van der Waals surface area contributed by atoms with Gasteiger partial charge in [-0.05, 0) is 0 Å². The first-order chi connectivity index (χ1) is 7.43. The first-order valence-electron chi connectivity index (χ1n) is 4.29. The Labute approximate surface area is 90.4 Å². The van der Waals surface area contributed by atoms with Crippen molar-refractivity contribution in [3.05, 3.63) is 16.7 Å². The van der Waals surface area contributed by atoms with Crippen molar-refractivity contribution in [1.29, 1.82) is 0 Å². The first kappa shape index (κ1) is 10.8. The number of nitrogens with zero attached hydrogens (tertiary/aromatic N) is 3. The second-order valence-electron chi connectivity index (χ2n) is 3.26. The van der Waals surface area contributed by atoms with Gasteiger partial charge in [0.05, 0.1) is 6.33 Å². The van der Waals surface area contributed by atoms with Crippen molar-refractivity contribution in [2.75, 3.05) is 14.1 Å². The van der Waals surface area contributed by atoms with E-state index in [1.807, 2.05) is 0 Å². The molecular weight excluding hydrogens is 234 g/mol. The molecule has 2 aromatic rings. The molecule has 0 unspecified atom stereocenters. The van der Waals surface area contributed by atoms with E-state index in [1.165, 1.54) is 14.1 Å². The Balaban J connectivity index is 2.75. The van der Waals surface area contributed by atoms with E-state index in [0.717, 1.165) is 10.6 Å². The number of H-pyrrole nitrogens is 2. The highest BCUT2D eigenvalue weighted by atomic mass is 32.2. The van der Waals surface area contributed by atoms with E-state index in [2.05, 4.69) is 19.9 Å². The molecule has 0 radical (unpaired) electrons. The average molecular weight is 243 g/mol. The van der Waals surface area contributed by atoms with Gasteiger partial charge in [-0.3, -0.25) is 4.79 Å². The van der Waals surface area contributed by atoms with E-state index in [0.29, 0.717) is 0 Å². The summed E-state index contributed by atoms with van der Waals surface area (Å²) in [5.74, 6) is 0. The van der Waals surface area contributed by atoms with E-state index >= 15 is 0 Å². The standard InChI is InChI=1S/C7H9N5O3S/c1-12(2)16(14,15)7-10-4-5(11-7)8-3-9-6(4)13/h3H,1-2H3,(H2,8,9,10,11,13). The Bertz CT molecular complexity index is 683. The zero-order valence-corrected chi connectivity index (χ0v) is 9.37. The van der Waals surface area contributed by atoms with Gasteiger partial charge in [0.2, 0.25) is 5.16 Å². The molecule has 0 fully saturated rings. The van der Waals surface area contributed by atoms with E-state index in [4.69, 9.17) is 0 Å². The molecular formula is C7H9N5O3S. The van der Waals surface area contributed by atoms with Crippen LogP contribution in [0.15, 0.2) is 16.3 Å². The van der Waals surface area contributed by atoms with Crippen LogP contribution in [0.1, 0.15) is 0 Å². The Kier molecular flexibility index (Phi) is 2.28. The van der Waals surface area contributed by atoms with Gasteiger partial charge in [-0.15, -0.1) is 0 Å². The lowest BCUT2D eigenvalue weighted by Gasteiger charge is -2.06. The van der Waals surface area contributed by atoms with Gasteiger partial charge in [0.15, 0.2) is 11.2 Å². The number of hydrogen-bond acceptors (Lipinski definition) is 5. The van der Waals surface area contributed by atoms with Gasteiger partial charge < -0.3 is 9.97 Å². The van der Waals surface area contributed by atoms with Gasteiger partial charge in [0, 0.05) is 14.1 Å². The third-order valence-corrected chi connectivity index (χ3v) is 3.64. The number of aromatic nitrogens is 4. The SMILES string of the molecule is CN(C)S(=O)(=O)c1nc2nc[nH]c(=O)c2[nH]1. The van der Waals surface area contributed by atoms with Crippen molar-refractivity contribution in [1.82, 2.24) is 24.2 Å². The number of imidazole rings is 1. The summed E-state index contributed by atoms with van der Waals surface area (Å²) in [4.78, 5) is 23.6. The molecule has 2 aromatic heterocycles. The zero-order valence-electron chi connectivity index (χ0n) is 8.55. The van der Waals surface area contributed by atoms with Gasteiger partial charge in [-0.25, -0.2) is 17.7 Å². The van der Waals surface area contributed by atoms with Gasteiger partial charge in [0.25, 0.3) is 15.6 Å². The minimum Gasteiger partial charge on any atom is -0.322 e. The minimum atomic E-state index is -3.68. The lowest BCUT2D eigenvalue weighted by atomic mass is 10.6. The average Bonchev–Trinajstić information content (AvgIpc) is 2.63. The molecule has 0 aliphatic rings. The van der Waals surface area contributed by atoms with Crippen LogP contribution in [0, 0.1) is 0 Å². The van der Waals surface area contributed by atoms with Crippen LogP contribution in [0.3, 0.4) is 0 Å². The third-order valence-electron chi connectivity index (χ3n) is 2.00. The van der Waals surface area contributed by atoms with Crippen LogP contribution < -0.4 is 5.56 Å². The second kappa shape index (κ2) is 3.39. The van der Waals surface area contributed by atoms with E-state index < -0.39 is 15.6 Å². The van der Waals surface area contributed by atoms with E-state index in [9.17, 15) is 13.2 Å². The summed E-state index contributed by atoms with van der Waals surface area (Å²) in [7, 11) is -0.931. The van der Waals surface area contributed by atoms with Gasteiger partial charge >= 0.3 is 0 Å². The summed E-state index contributed by atoms with van der Waals surface area (Å²) in [5, 5.41) is -0.295. The maximum atomic E-state index is 11.7. The Hall–Kier alpha value is -1.74. The molecule has 0 aliphatic carbocycles. The Morgan fingerprint density at radius 3 is 2.62 bits per heavy atom. The molecule has 0 amide bonds. The van der Waals surface area contributed by atoms with Crippen LogP contribution in [0.25, 0.3) is 11.2 Å². The molecule has 2 heterocycles. The van der Waals surface area contributed by atoms with Gasteiger partial charge in [0.1, 0.15) is 0 Å². The highest BCUT2D eigenvalue weighted by Gasteiger charge is 2.22. The monoisotopic (exact) mass is 243 g/mol. The molecule has 86 valence electrons. The fraction of sp³-hybridized carbons (Fsp3) is 0.286. The molecule has 9 heteroatoms. The summed E-state index contributed by atoms with van der Waals surface area (Å²) in [6, 6.07) is 0. The molecule has 2 rings (SSSR count). The van der Waals surface area contributed by atoms with Crippen LogP contribution in [0.4, 0.5) is 0 Å². The largest absolute Gasteiger partial charge is 0.322 e. The summed E-state index contributed by atoms with van der Waals surface area (Å²) < 4.78 is 24.4. The smallest absolute Gasteiger partial charge is 0.276 e. The number of nitrogens with one attached hydrogen (secondary N) is 2. The van der Waals surface area contributed by atoms with E-state index in [-0.39, 0.29) is 16.3 Å². The van der Waals surface area contributed by atoms with Crippen LogP contribution in [0.5, 0.6) is 0 Å². The number of aromatic amines is 2. The fourth-order valence-corrected chi connectivity index (χ4v) is 1.89. The predicted molar refractivity (Wildman–Crippen MR) is 55.4 cm³/mol. The number of hydrogen-bond donors (Lipinski definition) is 2. The molecule has 8 nitrogen and oxygen atoms in total. The Morgan fingerprint density at radius 2 is 2.06 bits per heavy atom. The van der Waals surface area contributed by atoms with E-state index in [1.54, 1.807) is 0 Å². The van der Waals surface area contributed by atoms with Crippen molar-refractivity contribution in [3.63, 3.8) is 0 Å². The van der Waals surface area contributed by atoms with Crippen LogP contribution in [0.2, 0.25) is 0 Å². The lowest BCUT2D eigenvalue weighted by Crippen LogP contribution is -2.23. The Morgan fingerprint density at radius 1 is 1.38 bits per heavy atom. The number of rotatable bonds is 2. The molecule has 0 atom stereocenters.